The molecule has 0 spiro atoms. The number of aliphatic hydroxyl groups excluding tert-OH is 1. The molecule has 0 aliphatic carbocycles. The second-order valence-corrected chi connectivity index (χ2v) is 4.77. The summed E-state index contributed by atoms with van der Waals surface area (Å²) >= 11 is 0. The highest BCUT2D eigenvalue weighted by Gasteiger charge is 2.07. The summed E-state index contributed by atoms with van der Waals surface area (Å²) in [5.41, 5.74) is 1.61. The Morgan fingerprint density at radius 2 is 1.61 bits per heavy atom. The second kappa shape index (κ2) is 7.42. The first kappa shape index (κ1) is 15.1. The van der Waals surface area contributed by atoms with Gasteiger partial charge in [-0.1, -0.05) is 30.3 Å². The van der Waals surface area contributed by atoms with E-state index in [1.807, 2.05) is 48.5 Å². The zero-order valence-corrected chi connectivity index (χ0v) is 12.5. The van der Waals surface area contributed by atoms with Gasteiger partial charge in [-0.05, 0) is 24.3 Å². The molecule has 6 heteroatoms. The second-order valence-electron chi connectivity index (χ2n) is 4.77. The molecule has 0 radical (unpaired) electrons. The Hall–Kier alpha value is -2.86. The van der Waals surface area contributed by atoms with Crippen LogP contribution in [0.3, 0.4) is 0 Å². The fourth-order valence-electron chi connectivity index (χ4n) is 2.04. The van der Waals surface area contributed by atoms with E-state index < -0.39 is 0 Å². The van der Waals surface area contributed by atoms with Crippen molar-refractivity contribution >= 4 is 0 Å². The smallest absolute Gasteiger partial charge is 0.161 e. The van der Waals surface area contributed by atoms with Crippen LogP contribution in [-0.4, -0.2) is 33.3 Å². The highest BCUT2D eigenvalue weighted by atomic mass is 16.5. The molecule has 6 nitrogen and oxygen atoms in total. The van der Waals surface area contributed by atoms with Crippen molar-refractivity contribution in [3.63, 3.8) is 0 Å². The predicted octanol–water partition coefficient (Wildman–Crippen LogP) is 2.22. The van der Waals surface area contributed by atoms with Crippen molar-refractivity contribution in [1.82, 2.24) is 15.0 Å². The van der Waals surface area contributed by atoms with Gasteiger partial charge in [-0.3, -0.25) is 0 Å². The first-order chi connectivity index (χ1) is 11.4. The average Bonchev–Trinajstić information content (AvgIpc) is 3.08. The van der Waals surface area contributed by atoms with Gasteiger partial charge in [0.2, 0.25) is 0 Å². The van der Waals surface area contributed by atoms with Gasteiger partial charge in [0.25, 0.3) is 0 Å². The fourth-order valence-corrected chi connectivity index (χ4v) is 2.04. The highest BCUT2D eigenvalue weighted by Crippen LogP contribution is 2.26. The summed E-state index contributed by atoms with van der Waals surface area (Å²) in [6.45, 7) is 0.469. The first-order valence-electron chi connectivity index (χ1n) is 7.29. The minimum Gasteiger partial charge on any atom is -0.487 e. The van der Waals surface area contributed by atoms with Crippen LogP contribution in [0.15, 0.2) is 60.8 Å². The van der Waals surface area contributed by atoms with E-state index in [0.29, 0.717) is 17.2 Å². The standard InChI is InChI=1S/C17H17N3O3/c21-10-11-22-16-8-4-5-9-17(16)23-13-14-12-18-20(19-14)15-6-2-1-3-7-15/h1-9,12,21H,10-11,13H2. The van der Waals surface area contributed by atoms with Crippen LogP contribution in [0.4, 0.5) is 0 Å². The van der Waals surface area contributed by atoms with Crippen LogP contribution in [-0.2, 0) is 6.61 Å². The highest BCUT2D eigenvalue weighted by molar-refractivity contribution is 5.39. The van der Waals surface area contributed by atoms with E-state index in [1.54, 1.807) is 17.1 Å². The third-order valence-corrected chi connectivity index (χ3v) is 3.10. The van der Waals surface area contributed by atoms with Crippen LogP contribution in [0, 0.1) is 0 Å². The van der Waals surface area contributed by atoms with E-state index in [4.69, 9.17) is 14.6 Å². The summed E-state index contributed by atoms with van der Waals surface area (Å²) in [6.07, 6.45) is 1.67. The van der Waals surface area contributed by atoms with E-state index >= 15 is 0 Å². The van der Waals surface area contributed by atoms with Gasteiger partial charge in [-0.25, -0.2) is 0 Å². The molecule has 3 rings (SSSR count). The number of benzene rings is 2. The largest absolute Gasteiger partial charge is 0.487 e. The Balaban J connectivity index is 1.66. The van der Waals surface area contributed by atoms with Gasteiger partial charge in [-0.2, -0.15) is 9.90 Å². The van der Waals surface area contributed by atoms with Crippen molar-refractivity contribution in [2.24, 2.45) is 0 Å². The summed E-state index contributed by atoms with van der Waals surface area (Å²) in [6, 6.07) is 17.0. The van der Waals surface area contributed by atoms with Crippen molar-refractivity contribution < 1.29 is 14.6 Å². The summed E-state index contributed by atoms with van der Waals surface area (Å²) in [5, 5.41) is 17.5. The summed E-state index contributed by atoms with van der Waals surface area (Å²) in [4.78, 5) is 1.56. The molecule has 1 aromatic heterocycles. The number of hydrogen-bond acceptors (Lipinski definition) is 5. The van der Waals surface area contributed by atoms with Crippen LogP contribution in [0.25, 0.3) is 5.69 Å². The van der Waals surface area contributed by atoms with Crippen LogP contribution >= 0.6 is 0 Å². The number of ether oxygens (including phenoxy) is 2. The number of nitrogens with zero attached hydrogens (tertiary/aromatic N) is 3. The summed E-state index contributed by atoms with van der Waals surface area (Å²) in [7, 11) is 0. The molecule has 3 aromatic rings. The maximum Gasteiger partial charge on any atom is 0.161 e. The van der Waals surface area contributed by atoms with Crippen molar-refractivity contribution in [1.29, 1.82) is 0 Å². The third kappa shape index (κ3) is 3.87. The maximum atomic E-state index is 8.85. The van der Waals surface area contributed by atoms with Crippen molar-refractivity contribution in [3.8, 4) is 17.2 Å². The number of aliphatic hydroxyl groups is 1. The Bertz CT molecular complexity index is 744. The van der Waals surface area contributed by atoms with Crippen LogP contribution in [0.1, 0.15) is 5.69 Å². The number of rotatable bonds is 7. The fraction of sp³-hybridized carbons (Fsp3) is 0.176. The molecular weight excluding hydrogens is 294 g/mol. The van der Waals surface area contributed by atoms with Gasteiger partial charge in [0.15, 0.2) is 11.5 Å². The van der Waals surface area contributed by atoms with E-state index in [-0.39, 0.29) is 19.8 Å². The summed E-state index contributed by atoms with van der Waals surface area (Å²) in [5.74, 6) is 1.20. The van der Waals surface area contributed by atoms with Crippen molar-refractivity contribution in [2.75, 3.05) is 13.2 Å². The zero-order chi connectivity index (χ0) is 15.9. The molecule has 1 heterocycles. The topological polar surface area (TPSA) is 69.4 Å². The van der Waals surface area contributed by atoms with E-state index in [1.165, 1.54) is 0 Å². The lowest BCUT2D eigenvalue weighted by molar-refractivity contribution is 0.192. The molecule has 0 unspecified atom stereocenters. The molecular formula is C17H17N3O3. The lowest BCUT2D eigenvalue weighted by atomic mass is 10.3. The number of aromatic nitrogens is 3. The van der Waals surface area contributed by atoms with Crippen molar-refractivity contribution in [2.45, 2.75) is 6.61 Å². The molecule has 118 valence electrons. The average molecular weight is 311 g/mol. The van der Waals surface area contributed by atoms with Crippen LogP contribution in [0.5, 0.6) is 11.5 Å². The van der Waals surface area contributed by atoms with Gasteiger partial charge < -0.3 is 14.6 Å². The van der Waals surface area contributed by atoms with Gasteiger partial charge in [-0.15, -0.1) is 5.10 Å². The van der Waals surface area contributed by atoms with Crippen LogP contribution in [0.2, 0.25) is 0 Å². The number of hydrogen-bond donors (Lipinski definition) is 1. The molecule has 0 saturated carbocycles. The molecule has 0 amide bonds. The Morgan fingerprint density at radius 1 is 0.913 bits per heavy atom. The molecule has 0 atom stereocenters. The molecule has 23 heavy (non-hydrogen) atoms. The lowest BCUT2D eigenvalue weighted by Crippen LogP contribution is -2.04. The quantitative estimate of drug-likeness (QED) is 0.724. The zero-order valence-electron chi connectivity index (χ0n) is 12.5. The normalized spacial score (nSPS) is 10.5. The minimum absolute atomic E-state index is 0.0419. The van der Waals surface area contributed by atoms with Gasteiger partial charge in [0.05, 0.1) is 18.5 Å². The van der Waals surface area contributed by atoms with Gasteiger partial charge >= 0.3 is 0 Å². The van der Waals surface area contributed by atoms with Gasteiger partial charge in [0.1, 0.15) is 18.9 Å². The Labute approximate surface area is 133 Å². The molecule has 0 fully saturated rings. The monoisotopic (exact) mass is 311 g/mol. The molecule has 0 aliphatic heterocycles. The summed E-state index contributed by atoms with van der Waals surface area (Å²) < 4.78 is 11.2. The molecule has 0 aliphatic rings. The minimum atomic E-state index is -0.0419. The first-order valence-corrected chi connectivity index (χ1v) is 7.29. The Morgan fingerprint density at radius 3 is 2.35 bits per heavy atom. The number of para-hydroxylation sites is 3. The molecule has 1 N–H and O–H groups in total. The van der Waals surface area contributed by atoms with E-state index in [9.17, 15) is 0 Å². The predicted molar refractivity (Wildman–Crippen MR) is 84.7 cm³/mol. The van der Waals surface area contributed by atoms with Gasteiger partial charge in [0, 0.05) is 0 Å². The molecule has 0 saturated heterocycles. The van der Waals surface area contributed by atoms with Crippen LogP contribution < -0.4 is 9.47 Å². The molecule has 0 bridgehead atoms. The van der Waals surface area contributed by atoms with E-state index in [0.717, 1.165) is 5.69 Å². The Kier molecular flexibility index (Phi) is 4.85. The van der Waals surface area contributed by atoms with E-state index in [2.05, 4.69) is 10.2 Å². The SMILES string of the molecule is OCCOc1ccccc1OCc1cnn(-c2ccccc2)n1. The third-order valence-electron chi connectivity index (χ3n) is 3.10. The lowest BCUT2D eigenvalue weighted by Gasteiger charge is -2.10. The molecule has 2 aromatic carbocycles. The maximum absolute atomic E-state index is 8.85. The van der Waals surface area contributed by atoms with Crippen molar-refractivity contribution in [3.05, 3.63) is 66.5 Å².